The Morgan fingerprint density at radius 2 is 2.11 bits per heavy atom. The first kappa shape index (κ1) is 17.1. The number of phenolic OH excluding ortho intramolecular Hbond substituents is 1. The van der Waals surface area contributed by atoms with Crippen LogP contribution in [0.4, 0.5) is 5.69 Å². The van der Waals surface area contributed by atoms with Crippen LogP contribution in [0.2, 0.25) is 0 Å². The minimum absolute atomic E-state index is 0.165. The number of nitrogens with zero attached hydrogens (tertiary/aromatic N) is 3. The molecule has 2 heterocycles. The van der Waals surface area contributed by atoms with E-state index in [0.29, 0.717) is 30.8 Å². The van der Waals surface area contributed by atoms with Crippen molar-refractivity contribution in [2.45, 2.75) is 19.4 Å². The van der Waals surface area contributed by atoms with Gasteiger partial charge in [0.1, 0.15) is 5.75 Å². The number of hydrogen-bond donors (Lipinski definition) is 2. The average molecular weight is 364 g/mol. The van der Waals surface area contributed by atoms with E-state index in [1.807, 2.05) is 11.0 Å². The summed E-state index contributed by atoms with van der Waals surface area (Å²) < 4.78 is 1.72. The van der Waals surface area contributed by atoms with Gasteiger partial charge < -0.3 is 15.3 Å². The number of phenols is 1. The van der Waals surface area contributed by atoms with E-state index in [2.05, 4.69) is 10.4 Å². The maximum atomic E-state index is 12.7. The number of fused-ring (bicyclic) bond motifs is 1. The van der Waals surface area contributed by atoms with Gasteiger partial charge in [-0.15, -0.1) is 0 Å². The Morgan fingerprint density at radius 3 is 2.93 bits per heavy atom. The molecule has 1 aliphatic rings. The molecule has 7 heteroatoms. The predicted molar refractivity (Wildman–Crippen MR) is 102 cm³/mol. The minimum Gasteiger partial charge on any atom is -0.508 e. The third-order valence-corrected chi connectivity index (χ3v) is 4.77. The standard InChI is InChI=1S/C20H20N4O3/c25-16-6-7-17-14(11-16)3-1-4-18(17)20(27)22-15-12-21-24(13-15)10-9-23-8-2-5-19(23)26/h1,3-4,6-7,11-13,25H,2,5,8-10H2,(H,22,27). The Labute approximate surface area is 156 Å². The second kappa shape index (κ2) is 7.11. The Hall–Kier alpha value is -3.35. The zero-order chi connectivity index (χ0) is 18.8. The quantitative estimate of drug-likeness (QED) is 0.728. The van der Waals surface area contributed by atoms with Crippen LogP contribution in [-0.2, 0) is 11.3 Å². The first-order valence-electron chi connectivity index (χ1n) is 8.93. The number of aromatic nitrogens is 2. The molecule has 138 valence electrons. The molecule has 1 saturated heterocycles. The molecule has 0 aliphatic carbocycles. The number of hydrogen-bond acceptors (Lipinski definition) is 4. The lowest BCUT2D eigenvalue weighted by Gasteiger charge is -2.14. The molecule has 0 radical (unpaired) electrons. The molecule has 0 bridgehead atoms. The normalized spacial score (nSPS) is 14.1. The van der Waals surface area contributed by atoms with Gasteiger partial charge in [0, 0.05) is 31.3 Å². The van der Waals surface area contributed by atoms with Crippen molar-refractivity contribution in [2.24, 2.45) is 0 Å². The molecule has 1 fully saturated rings. The topological polar surface area (TPSA) is 87.5 Å². The summed E-state index contributed by atoms with van der Waals surface area (Å²) in [6.07, 6.45) is 4.90. The molecule has 0 saturated carbocycles. The SMILES string of the molecule is O=C(Nc1cnn(CCN2CCCC2=O)c1)c1cccc2cc(O)ccc12. The Balaban J connectivity index is 1.44. The summed E-state index contributed by atoms with van der Waals surface area (Å²) in [4.78, 5) is 26.2. The summed E-state index contributed by atoms with van der Waals surface area (Å²) in [5, 5.41) is 18.3. The highest BCUT2D eigenvalue weighted by Gasteiger charge is 2.19. The zero-order valence-corrected chi connectivity index (χ0v) is 14.8. The first-order chi connectivity index (χ1) is 13.1. The van der Waals surface area contributed by atoms with Crippen molar-refractivity contribution in [1.82, 2.24) is 14.7 Å². The molecule has 2 N–H and O–H groups in total. The summed E-state index contributed by atoms with van der Waals surface area (Å²) >= 11 is 0. The van der Waals surface area contributed by atoms with Crippen molar-refractivity contribution < 1.29 is 14.7 Å². The van der Waals surface area contributed by atoms with Crippen molar-refractivity contribution in [3.05, 3.63) is 54.4 Å². The Kier molecular flexibility index (Phi) is 4.50. The summed E-state index contributed by atoms with van der Waals surface area (Å²) in [7, 11) is 0. The van der Waals surface area contributed by atoms with E-state index in [-0.39, 0.29) is 17.6 Å². The molecule has 1 aliphatic heterocycles. The Morgan fingerprint density at radius 1 is 1.22 bits per heavy atom. The molecular weight excluding hydrogens is 344 g/mol. The van der Waals surface area contributed by atoms with Crippen LogP contribution in [0.25, 0.3) is 10.8 Å². The molecular formula is C20H20N4O3. The molecule has 0 spiro atoms. The number of carbonyl (C=O) groups excluding carboxylic acids is 2. The number of amides is 2. The number of rotatable bonds is 5. The van der Waals surface area contributed by atoms with E-state index in [4.69, 9.17) is 0 Å². The van der Waals surface area contributed by atoms with Gasteiger partial charge in [-0.2, -0.15) is 5.10 Å². The summed E-state index contributed by atoms with van der Waals surface area (Å²) in [6.45, 7) is 2.02. The first-order valence-corrected chi connectivity index (χ1v) is 8.93. The highest BCUT2D eigenvalue weighted by Crippen LogP contribution is 2.24. The maximum Gasteiger partial charge on any atom is 0.256 e. The van der Waals surface area contributed by atoms with Gasteiger partial charge in [0.15, 0.2) is 0 Å². The van der Waals surface area contributed by atoms with Gasteiger partial charge in [0.2, 0.25) is 5.91 Å². The van der Waals surface area contributed by atoms with Crippen LogP contribution in [0.3, 0.4) is 0 Å². The fourth-order valence-electron chi connectivity index (χ4n) is 3.38. The van der Waals surface area contributed by atoms with Crippen LogP contribution < -0.4 is 5.32 Å². The van der Waals surface area contributed by atoms with Crippen LogP contribution >= 0.6 is 0 Å². The van der Waals surface area contributed by atoms with Gasteiger partial charge in [-0.25, -0.2) is 0 Å². The van der Waals surface area contributed by atoms with Crippen molar-refractivity contribution in [2.75, 3.05) is 18.4 Å². The van der Waals surface area contributed by atoms with Gasteiger partial charge >= 0.3 is 0 Å². The second-order valence-corrected chi connectivity index (χ2v) is 6.64. The molecule has 3 aromatic rings. The summed E-state index contributed by atoms with van der Waals surface area (Å²) in [5.41, 5.74) is 1.13. The number of likely N-dealkylation sites (tertiary alicyclic amines) is 1. The number of aromatic hydroxyl groups is 1. The van der Waals surface area contributed by atoms with Crippen LogP contribution in [0.5, 0.6) is 5.75 Å². The van der Waals surface area contributed by atoms with Gasteiger partial charge in [0.05, 0.1) is 18.4 Å². The number of carbonyl (C=O) groups is 2. The highest BCUT2D eigenvalue weighted by atomic mass is 16.3. The van der Waals surface area contributed by atoms with Crippen molar-refractivity contribution >= 4 is 28.3 Å². The van der Waals surface area contributed by atoms with Gasteiger partial charge in [0.25, 0.3) is 5.91 Å². The average Bonchev–Trinajstić information content (AvgIpc) is 3.27. The predicted octanol–water partition coefficient (Wildman–Crippen LogP) is 2.62. The highest BCUT2D eigenvalue weighted by molar-refractivity contribution is 6.13. The third kappa shape index (κ3) is 3.62. The Bertz CT molecular complexity index is 1010. The van der Waals surface area contributed by atoms with Crippen LogP contribution in [-0.4, -0.2) is 44.7 Å². The molecule has 27 heavy (non-hydrogen) atoms. The van der Waals surface area contributed by atoms with Crippen LogP contribution in [0.1, 0.15) is 23.2 Å². The van der Waals surface area contributed by atoms with Crippen molar-refractivity contribution in [3.8, 4) is 5.75 Å². The van der Waals surface area contributed by atoms with E-state index in [9.17, 15) is 14.7 Å². The molecule has 4 rings (SSSR count). The fourth-order valence-corrected chi connectivity index (χ4v) is 3.38. The lowest BCUT2D eigenvalue weighted by atomic mass is 10.0. The van der Waals surface area contributed by atoms with E-state index in [1.165, 1.54) is 0 Å². The van der Waals surface area contributed by atoms with Crippen LogP contribution in [0, 0.1) is 0 Å². The number of nitrogens with one attached hydrogen (secondary N) is 1. The fraction of sp³-hybridized carbons (Fsp3) is 0.250. The van der Waals surface area contributed by atoms with E-state index in [0.717, 1.165) is 23.7 Å². The van der Waals surface area contributed by atoms with Gasteiger partial charge in [-0.1, -0.05) is 12.1 Å². The lowest BCUT2D eigenvalue weighted by molar-refractivity contribution is -0.127. The molecule has 2 aromatic carbocycles. The zero-order valence-electron chi connectivity index (χ0n) is 14.8. The lowest BCUT2D eigenvalue weighted by Crippen LogP contribution is -2.28. The largest absolute Gasteiger partial charge is 0.508 e. The third-order valence-electron chi connectivity index (χ3n) is 4.77. The van der Waals surface area contributed by atoms with Gasteiger partial charge in [-0.05, 0) is 41.5 Å². The van der Waals surface area contributed by atoms with Gasteiger partial charge in [-0.3, -0.25) is 14.3 Å². The molecule has 0 atom stereocenters. The molecule has 2 amide bonds. The van der Waals surface area contributed by atoms with Crippen molar-refractivity contribution in [3.63, 3.8) is 0 Å². The van der Waals surface area contributed by atoms with E-state index >= 15 is 0 Å². The summed E-state index contributed by atoms with van der Waals surface area (Å²) in [5.74, 6) is 0.121. The van der Waals surface area contributed by atoms with E-state index < -0.39 is 0 Å². The smallest absolute Gasteiger partial charge is 0.256 e. The summed E-state index contributed by atoms with van der Waals surface area (Å²) in [6, 6.07) is 10.3. The van der Waals surface area contributed by atoms with Crippen molar-refractivity contribution in [1.29, 1.82) is 0 Å². The van der Waals surface area contributed by atoms with E-state index in [1.54, 1.807) is 47.4 Å². The van der Waals surface area contributed by atoms with Crippen LogP contribution in [0.15, 0.2) is 48.8 Å². The molecule has 1 aromatic heterocycles. The molecule has 7 nitrogen and oxygen atoms in total. The molecule has 0 unspecified atom stereocenters. The second-order valence-electron chi connectivity index (χ2n) is 6.64. The minimum atomic E-state index is -0.236. The number of benzene rings is 2. The maximum absolute atomic E-state index is 12.7. The monoisotopic (exact) mass is 364 g/mol. The number of anilines is 1.